The third-order valence-electron chi connectivity index (χ3n) is 3.80. The van der Waals surface area contributed by atoms with Crippen LogP contribution in [0.25, 0.3) is 0 Å². The molecule has 8 heavy (non-hydrogen) atoms. The van der Waals surface area contributed by atoms with E-state index in [4.69, 9.17) is 0 Å². The summed E-state index contributed by atoms with van der Waals surface area (Å²) in [6.07, 6.45) is 4.77. The molecule has 0 heteroatoms. The van der Waals surface area contributed by atoms with Gasteiger partial charge in [-0.05, 0) is 42.4 Å². The molecule has 0 heterocycles. The molecule has 0 aromatic heterocycles. The molecule has 0 aromatic carbocycles. The largest absolute Gasteiger partial charge is 0.0619 e. The fourth-order valence-corrected chi connectivity index (χ4v) is 3.01. The summed E-state index contributed by atoms with van der Waals surface area (Å²) in [7, 11) is 0. The quantitative estimate of drug-likeness (QED) is 0.445. The molecular weight excluding hydrogens is 96.1 g/mol. The molecule has 3 unspecified atom stereocenters. The highest BCUT2D eigenvalue weighted by Crippen LogP contribution is 2.80. The van der Waals surface area contributed by atoms with Crippen LogP contribution in [0.3, 0.4) is 0 Å². The summed E-state index contributed by atoms with van der Waals surface area (Å²) in [5.74, 6) is 3.57. The molecule has 0 N–H and O–H groups in total. The normalized spacial score (nSPS) is 61.9. The van der Waals surface area contributed by atoms with Gasteiger partial charge < -0.3 is 0 Å². The minimum absolute atomic E-state index is 0.976. The molecule has 3 aliphatic rings. The van der Waals surface area contributed by atoms with Gasteiger partial charge in [-0.25, -0.2) is 0 Å². The van der Waals surface area contributed by atoms with Crippen LogP contribution in [-0.4, -0.2) is 0 Å². The second kappa shape index (κ2) is 0.778. The fraction of sp³-hybridized carbons (Fsp3) is 1.00. The lowest BCUT2D eigenvalue weighted by molar-refractivity contribution is 0.260. The van der Waals surface area contributed by atoms with Crippen molar-refractivity contribution in [3.63, 3.8) is 0 Å². The molecule has 0 aliphatic heterocycles. The molecule has 44 valence electrons. The minimum atomic E-state index is 0.976. The SMILES string of the molecule is CC1C2CC3(CC3)C12. The van der Waals surface area contributed by atoms with E-state index < -0.39 is 0 Å². The standard InChI is InChI=1S/C8H12/c1-5-6-4-8(2-3-8)7(5)6/h5-7H,2-4H2,1H3. The summed E-state index contributed by atoms with van der Waals surface area (Å²) in [6, 6.07) is 0. The van der Waals surface area contributed by atoms with Gasteiger partial charge in [0.15, 0.2) is 0 Å². The Morgan fingerprint density at radius 2 is 2.12 bits per heavy atom. The van der Waals surface area contributed by atoms with E-state index in [0.717, 1.165) is 11.3 Å². The molecule has 0 aromatic rings. The molecule has 1 spiro atoms. The van der Waals surface area contributed by atoms with Crippen molar-refractivity contribution in [2.45, 2.75) is 26.2 Å². The van der Waals surface area contributed by atoms with Crippen LogP contribution in [0.5, 0.6) is 0 Å². The topological polar surface area (TPSA) is 0 Å². The molecule has 3 aliphatic carbocycles. The Balaban J connectivity index is 1.93. The molecule has 0 amide bonds. The first-order valence-electron chi connectivity index (χ1n) is 3.83. The van der Waals surface area contributed by atoms with Crippen molar-refractivity contribution >= 4 is 0 Å². The van der Waals surface area contributed by atoms with Gasteiger partial charge in [0.2, 0.25) is 0 Å². The van der Waals surface area contributed by atoms with Gasteiger partial charge in [0.1, 0.15) is 0 Å². The number of fused-ring (bicyclic) bond motifs is 2. The van der Waals surface area contributed by atoms with E-state index >= 15 is 0 Å². The van der Waals surface area contributed by atoms with Crippen molar-refractivity contribution in [1.82, 2.24) is 0 Å². The van der Waals surface area contributed by atoms with Gasteiger partial charge in [-0.15, -0.1) is 0 Å². The lowest BCUT2D eigenvalue weighted by atomic mass is 9.82. The third-order valence-corrected chi connectivity index (χ3v) is 3.80. The van der Waals surface area contributed by atoms with Crippen LogP contribution in [0.1, 0.15) is 26.2 Å². The van der Waals surface area contributed by atoms with Crippen molar-refractivity contribution in [1.29, 1.82) is 0 Å². The van der Waals surface area contributed by atoms with Crippen LogP contribution < -0.4 is 0 Å². The third kappa shape index (κ3) is 0.222. The summed E-state index contributed by atoms with van der Waals surface area (Å²) in [5.41, 5.74) is 0.976. The van der Waals surface area contributed by atoms with E-state index in [-0.39, 0.29) is 0 Å². The molecule has 3 atom stereocenters. The van der Waals surface area contributed by atoms with Crippen molar-refractivity contribution in [3.8, 4) is 0 Å². The van der Waals surface area contributed by atoms with E-state index in [1.165, 1.54) is 11.8 Å². The first-order valence-corrected chi connectivity index (χ1v) is 3.83. The van der Waals surface area contributed by atoms with Gasteiger partial charge in [-0.1, -0.05) is 6.92 Å². The van der Waals surface area contributed by atoms with Crippen LogP contribution in [0, 0.1) is 23.2 Å². The Morgan fingerprint density at radius 3 is 2.25 bits per heavy atom. The summed E-state index contributed by atoms with van der Waals surface area (Å²) in [6.45, 7) is 2.43. The Bertz CT molecular complexity index is 140. The number of hydrogen-bond donors (Lipinski definition) is 0. The Morgan fingerprint density at radius 1 is 1.38 bits per heavy atom. The predicted octanol–water partition coefficient (Wildman–Crippen LogP) is 2.05. The van der Waals surface area contributed by atoms with E-state index in [9.17, 15) is 0 Å². The summed E-state index contributed by atoms with van der Waals surface area (Å²) >= 11 is 0. The van der Waals surface area contributed by atoms with Crippen LogP contribution in [0.2, 0.25) is 0 Å². The van der Waals surface area contributed by atoms with E-state index in [1.807, 2.05) is 0 Å². The van der Waals surface area contributed by atoms with Gasteiger partial charge >= 0.3 is 0 Å². The van der Waals surface area contributed by atoms with Gasteiger partial charge in [0, 0.05) is 0 Å². The number of rotatable bonds is 0. The predicted molar refractivity (Wildman–Crippen MR) is 32.4 cm³/mol. The maximum Gasteiger partial charge on any atom is -0.0261 e. The van der Waals surface area contributed by atoms with E-state index in [2.05, 4.69) is 6.92 Å². The first kappa shape index (κ1) is 3.92. The lowest BCUT2D eigenvalue weighted by Crippen LogP contribution is -2.15. The maximum atomic E-state index is 2.43. The summed E-state index contributed by atoms with van der Waals surface area (Å²) in [5, 5.41) is 0. The van der Waals surface area contributed by atoms with Crippen molar-refractivity contribution in [3.05, 3.63) is 0 Å². The lowest BCUT2D eigenvalue weighted by Gasteiger charge is -2.22. The number of hydrogen-bond acceptors (Lipinski definition) is 0. The smallest absolute Gasteiger partial charge is 0.0261 e. The highest BCUT2D eigenvalue weighted by atomic mass is 14.8. The Labute approximate surface area is 50.3 Å². The molecule has 3 fully saturated rings. The molecule has 0 radical (unpaired) electrons. The molecule has 0 nitrogen and oxygen atoms in total. The average molecular weight is 108 g/mol. The Kier molecular flexibility index (Phi) is 0.381. The first-order chi connectivity index (χ1) is 3.83. The average Bonchev–Trinajstić information content (AvgIpc) is 2.42. The molecule has 3 saturated carbocycles. The van der Waals surface area contributed by atoms with Gasteiger partial charge in [-0.3, -0.25) is 0 Å². The maximum absolute atomic E-state index is 2.43. The molecule has 0 saturated heterocycles. The van der Waals surface area contributed by atoms with Crippen LogP contribution in [0.15, 0.2) is 0 Å². The van der Waals surface area contributed by atoms with Gasteiger partial charge in [0.25, 0.3) is 0 Å². The second-order valence-electron chi connectivity index (χ2n) is 4.12. The fourth-order valence-electron chi connectivity index (χ4n) is 3.01. The second-order valence-corrected chi connectivity index (χ2v) is 4.12. The van der Waals surface area contributed by atoms with Crippen molar-refractivity contribution in [2.75, 3.05) is 0 Å². The molecule has 0 bridgehead atoms. The van der Waals surface area contributed by atoms with Crippen LogP contribution in [-0.2, 0) is 0 Å². The zero-order chi connectivity index (χ0) is 5.35. The molecular formula is C8H12. The highest BCUT2D eigenvalue weighted by Gasteiger charge is 2.73. The minimum Gasteiger partial charge on any atom is -0.0619 e. The van der Waals surface area contributed by atoms with E-state index in [1.54, 1.807) is 19.3 Å². The van der Waals surface area contributed by atoms with Crippen LogP contribution >= 0.6 is 0 Å². The summed E-state index contributed by atoms with van der Waals surface area (Å²) in [4.78, 5) is 0. The summed E-state index contributed by atoms with van der Waals surface area (Å²) < 4.78 is 0. The molecule has 3 rings (SSSR count). The van der Waals surface area contributed by atoms with E-state index in [0.29, 0.717) is 0 Å². The zero-order valence-electron chi connectivity index (χ0n) is 5.35. The van der Waals surface area contributed by atoms with Crippen molar-refractivity contribution < 1.29 is 0 Å². The zero-order valence-corrected chi connectivity index (χ0v) is 5.35. The monoisotopic (exact) mass is 108 g/mol. The van der Waals surface area contributed by atoms with Crippen molar-refractivity contribution in [2.24, 2.45) is 23.2 Å². The van der Waals surface area contributed by atoms with Gasteiger partial charge in [0.05, 0.1) is 0 Å². The Hall–Kier alpha value is 0. The highest BCUT2D eigenvalue weighted by molar-refractivity contribution is 5.22. The van der Waals surface area contributed by atoms with Crippen LogP contribution in [0.4, 0.5) is 0 Å². The van der Waals surface area contributed by atoms with Gasteiger partial charge in [-0.2, -0.15) is 0 Å².